The van der Waals surface area contributed by atoms with Crippen molar-refractivity contribution in [3.8, 4) is 11.4 Å². The number of nitrogens with one attached hydrogen (secondary N) is 1. The van der Waals surface area contributed by atoms with Gasteiger partial charge >= 0.3 is 0 Å². The van der Waals surface area contributed by atoms with Gasteiger partial charge in [-0.1, -0.05) is 34.8 Å². The van der Waals surface area contributed by atoms with Gasteiger partial charge in [-0.2, -0.15) is 0 Å². The number of hydrogen-bond donors (Lipinski definition) is 2. The van der Waals surface area contributed by atoms with Gasteiger partial charge in [-0.05, 0) is 37.5 Å². The van der Waals surface area contributed by atoms with Gasteiger partial charge in [0.25, 0.3) is 0 Å². The van der Waals surface area contributed by atoms with Crippen LogP contribution in [0.25, 0.3) is 11.4 Å². The highest BCUT2D eigenvalue weighted by Gasteiger charge is 2.20. The molecule has 1 aromatic heterocycles. The van der Waals surface area contributed by atoms with E-state index in [1.54, 1.807) is 0 Å². The molecule has 4 nitrogen and oxygen atoms in total. The molecule has 1 aliphatic carbocycles. The number of benzene rings is 1. The summed E-state index contributed by atoms with van der Waals surface area (Å²) in [6.07, 6.45) is 4.97. The van der Waals surface area contributed by atoms with Crippen molar-refractivity contribution in [2.75, 3.05) is 5.43 Å². The molecule has 0 spiro atoms. The van der Waals surface area contributed by atoms with Crippen LogP contribution in [0, 0.1) is 6.92 Å². The Kier molecular flexibility index (Phi) is 4.22. The average Bonchev–Trinajstić information content (AvgIpc) is 3.01. The summed E-state index contributed by atoms with van der Waals surface area (Å²) < 4.78 is 1.01. The van der Waals surface area contributed by atoms with Gasteiger partial charge in [-0.15, -0.1) is 0 Å². The van der Waals surface area contributed by atoms with Crippen LogP contribution in [0.4, 0.5) is 5.82 Å². The number of nitrogens with zero attached hydrogens (tertiary/aromatic N) is 2. The molecule has 2 aromatic rings. The van der Waals surface area contributed by atoms with Gasteiger partial charge in [0.1, 0.15) is 5.82 Å². The smallest absolute Gasteiger partial charge is 0.162 e. The van der Waals surface area contributed by atoms with Crippen LogP contribution in [0.2, 0.25) is 0 Å². The minimum atomic E-state index is 0.531. The average molecular weight is 347 g/mol. The zero-order valence-electron chi connectivity index (χ0n) is 12.1. The molecule has 3 N–H and O–H groups in total. The zero-order valence-corrected chi connectivity index (χ0v) is 13.7. The van der Waals surface area contributed by atoms with E-state index in [9.17, 15) is 0 Å². The Balaban J connectivity index is 2.06. The van der Waals surface area contributed by atoms with Gasteiger partial charge in [-0.25, -0.2) is 15.8 Å². The standard InChI is InChI=1S/C16H19BrN4/c1-10-6-7-12(13(17)8-10)16-19-14(9-15(20-16)21-18)11-4-2-3-5-11/h6-9,11H,2-5,18H2,1H3,(H,19,20,21). The van der Waals surface area contributed by atoms with Crippen molar-refractivity contribution < 1.29 is 0 Å². The van der Waals surface area contributed by atoms with Crippen molar-refractivity contribution >= 4 is 21.7 Å². The Labute approximate surface area is 133 Å². The molecule has 0 unspecified atom stereocenters. The summed E-state index contributed by atoms with van der Waals surface area (Å²) >= 11 is 3.61. The van der Waals surface area contributed by atoms with Crippen molar-refractivity contribution in [1.82, 2.24) is 9.97 Å². The summed E-state index contributed by atoms with van der Waals surface area (Å²) in [5.74, 6) is 7.50. The summed E-state index contributed by atoms with van der Waals surface area (Å²) in [6.45, 7) is 2.07. The van der Waals surface area contributed by atoms with Crippen LogP contribution in [0.1, 0.15) is 42.9 Å². The molecule has 0 bridgehead atoms. The molecule has 1 heterocycles. The van der Waals surface area contributed by atoms with Crippen LogP contribution in [0.5, 0.6) is 0 Å². The van der Waals surface area contributed by atoms with Gasteiger partial charge < -0.3 is 5.43 Å². The van der Waals surface area contributed by atoms with Crippen molar-refractivity contribution in [1.29, 1.82) is 0 Å². The molecular formula is C16H19BrN4. The zero-order chi connectivity index (χ0) is 14.8. The number of nitrogen functional groups attached to an aromatic ring is 1. The number of rotatable bonds is 3. The number of hydrogen-bond acceptors (Lipinski definition) is 4. The van der Waals surface area contributed by atoms with E-state index in [2.05, 4.69) is 45.4 Å². The second kappa shape index (κ2) is 6.12. The van der Waals surface area contributed by atoms with Crippen molar-refractivity contribution in [2.45, 2.75) is 38.5 Å². The van der Waals surface area contributed by atoms with E-state index < -0.39 is 0 Å². The fraction of sp³-hybridized carbons (Fsp3) is 0.375. The first kappa shape index (κ1) is 14.5. The lowest BCUT2D eigenvalue weighted by atomic mass is 10.0. The third kappa shape index (κ3) is 3.09. The molecule has 0 aliphatic heterocycles. The van der Waals surface area contributed by atoms with Crippen LogP contribution >= 0.6 is 15.9 Å². The lowest BCUT2D eigenvalue weighted by molar-refractivity contribution is 0.695. The maximum atomic E-state index is 5.57. The van der Waals surface area contributed by atoms with Gasteiger partial charge in [0.15, 0.2) is 5.82 Å². The molecule has 0 saturated heterocycles. The van der Waals surface area contributed by atoms with Crippen LogP contribution in [0.3, 0.4) is 0 Å². The van der Waals surface area contributed by atoms with E-state index in [0.717, 1.165) is 21.6 Å². The van der Waals surface area contributed by atoms with Crippen LogP contribution in [0.15, 0.2) is 28.7 Å². The first-order chi connectivity index (χ1) is 10.2. The maximum Gasteiger partial charge on any atom is 0.162 e. The Bertz CT molecular complexity index is 651. The normalized spacial score (nSPS) is 15.4. The third-order valence-electron chi connectivity index (χ3n) is 4.03. The minimum Gasteiger partial charge on any atom is -0.308 e. The highest BCUT2D eigenvalue weighted by atomic mass is 79.9. The fourth-order valence-electron chi connectivity index (χ4n) is 2.89. The molecule has 1 fully saturated rings. The number of aryl methyl sites for hydroxylation is 1. The predicted molar refractivity (Wildman–Crippen MR) is 88.9 cm³/mol. The molecule has 5 heteroatoms. The summed E-state index contributed by atoms with van der Waals surface area (Å²) in [6, 6.07) is 8.17. The van der Waals surface area contributed by atoms with Gasteiger partial charge in [0.05, 0.1) is 0 Å². The van der Waals surface area contributed by atoms with E-state index in [1.807, 2.05) is 12.1 Å². The molecular weight excluding hydrogens is 328 g/mol. The molecule has 1 aliphatic rings. The van der Waals surface area contributed by atoms with E-state index >= 15 is 0 Å². The molecule has 0 amide bonds. The fourth-order valence-corrected chi connectivity index (χ4v) is 3.56. The van der Waals surface area contributed by atoms with E-state index in [0.29, 0.717) is 11.7 Å². The second-order valence-corrected chi connectivity index (χ2v) is 6.47. The Hall–Kier alpha value is -1.46. The monoisotopic (exact) mass is 346 g/mol. The SMILES string of the molecule is Cc1ccc(-c2nc(NN)cc(C3CCCC3)n2)c(Br)c1. The summed E-state index contributed by atoms with van der Waals surface area (Å²) in [5, 5.41) is 0. The second-order valence-electron chi connectivity index (χ2n) is 5.61. The van der Waals surface area contributed by atoms with E-state index in [1.165, 1.54) is 31.2 Å². The molecule has 0 radical (unpaired) electrons. The number of hydrazine groups is 1. The lowest BCUT2D eigenvalue weighted by Gasteiger charge is -2.13. The Morgan fingerprint density at radius 3 is 2.62 bits per heavy atom. The molecule has 0 atom stereocenters. The summed E-state index contributed by atoms with van der Waals surface area (Å²) in [5.41, 5.74) is 5.96. The molecule has 3 rings (SSSR count). The Morgan fingerprint density at radius 2 is 1.95 bits per heavy atom. The summed E-state index contributed by atoms with van der Waals surface area (Å²) in [7, 11) is 0. The Morgan fingerprint density at radius 1 is 1.19 bits per heavy atom. The third-order valence-corrected chi connectivity index (χ3v) is 4.69. The molecule has 110 valence electrons. The van der Waals surface area contributed by atoms with Crippen LogP contribution < -0.4 is 11.3 Å². The van der Waals surface area contributed by atoms with Crippen molar-refractivity contribution in [3.63, 3.8) is 0 Å². The lowest BCUT2D eigenvalue weighted by Crippen LogP contribution is -2.11. The predicted octanol–water partition coefficient (Wildman–Crippen LogP) is 4.16. The van der Waals surface area contributed by atoms with Crippen LogP contribution in [-0.4, -0.2) is 9.97 Å². The topological polar surface area (TPSA) is 63.8 Å². The first-order valence-corrected chi connectivity index (χ1v) is 8.09. The first-order valence-electron chi connectivity index (χ1n) is 7.29. The molecule has 1 aromatic carbocycles. The number of anilines is 1. The largest absolute Gasteiger partial charge is 0.308 e. The molecule has 21 heavy (non-hydrogen) atoms. The highest BCUT2D eigenvalue weighted by Crippen LogP contribution is 2.35. The van der Waals surface area contributed by atoms with Gasteiger partial charge in [-0.3, -0.25) is 0 Å². The van der Waals surface area contributed by atoms with Crippen molar-refractivity contribution in [3.05, 3.63) is 40.0 Å². The summed E-state index contributed by atoms with van der Waals surface area (Å²) in [4.78, 5) is 9.29. The maximum absolute atomic E-state index is 5.57. The number of halogens is 1. The van der Waals surface area contributed by atoms with Crippen molar-refractivity contribution in [2.24, 2.45) is 5.84 Å². The number of nitrogens with two attached hydrogens (primary N) is 1. The quantitative estimate of drug-likeness (QED) is 0.646. The van der Waals surface area contributed by atoms with Gasteiger partial charge in [0.2, 0.25) is 0 Å². The van der Waals surface area contributed by atoms with E-state index in [-0.39, 0.29) is 0 Å². The minimum absolute atomic E-state index is 0.531. The van der Waals surface area contributed by atoms with Crippen LogP contribution in [-0.2, 0) is 0 Å². The molecule has 1 saturated carbocycles. The van der Waals surface area contributed by atoms with E-state index in [4.69, 9.17) is 10.8 Å². The van der Waals surface area contributed by atoms with Gasteiger partial charge in [0, 0.05) is 27.7 Å². The number of aromatic nitrogens is 2. The highest BCUT2D eigenvalue weighted by molar-refractivity contribution is 9.10.